The highest BCUT2D eigenvalue weighted by Crippen LogP contribution is 2.25. The van der Waals surface area contributed by atoms with Crippen molar-refractivity contribution in [1.29, 1.82) is 0 Å². The molecule has 0 atom stereocenters. The minimum atomic E-state index is -0.739. The van der Waals surface area contributed by atoms with Crippen molar-refractivity contribution in [3.05, 3.63) is 64.1 Å². The molecule has 26 heavy (non-hydrogen) atoms. The summed E-state index contributed by atoms with van der Waals surface area (Å²) in [6.07, 6.45) is 5.29. The number of amides is 2. The van der Waals surface area contributed by atoms with Gasteiger partial charge in [-0.25, -0.2) is 5.43 Å². The summed E-state index contributed by atoms with van der Waals surface area (Å²) in [5.41, 5.74) is 1.99. The molecule has 0 saturated carbocycles. The molecule has 1 aromatic heterocycles. The third-order valence-electron chi connectivity index (χ3n) is 2.96. The molecule has 2 rings (SSSR count). The van der Waals surface area contributed by atoms with Crippen molar-refractivity contribution in [3.63, 3.8) is 0 Å². The molecule has 0 unspecified atom stereocenters. The average molecular weight is 358 g/mol. The highest BCUT2D eigenvalue weighted by atomic mass is 16.6. The number of nitro groups is 1. The van der Waals surface area contributed by atoms with Gasteiger partial charge in [0.1, 0.15) is 5.76 Å². The highest BCUT2D eigenvalue weighted by molar-refractivity contribution is 5.94. The van der Waals surface area contributed by atoms with E-state index in [1.165, 1.54) is 30.7 Å². The van der Waals surface area contributed by atoms with Crippen LogP contribution in [0.5, 0.6) is 5.75 Å². The number of hydrazone groups is 1. The Balaban J connectivity index is 1.79. The molecule has 0 aliphatic carbocycles. The molecule has 0 fully saturated rings. The van der Waals surface area contributed by atoms with Crippen molar-refractivity contribution in [2.24, 2.45) is 5.10 Å². The monoisotopic (exact) mass is 358 g/mol. The number of nitrogens with zero attached hydrogens (tertiary/aromatic N) is 2. The first-order valence-electron chi connectivity index (χ1n) is 7.24. The largest absolute Gasteiger partial charge is 0.502 e. The van der Waals surface area contributed by atoms with Crippen molar-refractivity contribution < 1.29 is 24.0 Å². The molecule has 2 aromatic rings. The Bertz CT molecular complexity index is 858. The van der Waals surface area contributed by atoms with E-state index < -0.39 is 28.2 Å². The van der Waals surface area contributed by atoms with E-state index in [0.29, 0.717) is 11.3 Å². The highest BCUT2D eigenvalue weighted by Gasteiger charge is 2.12. The van der Waals surface area contributed by atoms with Crippen molar-refractivity contribution in [3.8, 4) is 5.75 Å². The summed E-state index contributed by atoms with van der Waals surface area (Å²) in [6, 6.07) is 6.98. The molecule has 10 nitrogen and oxygen atoms in total. The third-order valence-corrected chi connectivity index (χ3v) is 2.96. The standard InChI is InChI=1S/C16H14N4O6/c21-14-5-3-11(8-13(14)20(24)25)9-18-19-16(23)10-17-15(22)6-4-12-2-1-7-26-12/h1-9,21H,10H2,(H,17,22)(H,19,23)/b6-4?,18-9+. The Morgan fingerprint density at radius 1 is 1.35 bits per heavy atom. The van der Waals surface area contributed by atoms with E-state index in [2.05, 4.69) is 15.8 Å². The van der Waals surface area contributed by atoms with Crippen molar-refractivity contribution in [1.82, 2.24) is 10.7 Å². The topological polar surface area (TPSA) is 147 Å². The SMILES string of the molecule is O=C(C=Cc1ccco1)NCC(=O)N/N=C/c1ccc(O)c([N+](=O)[O-])c1. The quantitative estimate of drug-likeness (QED) is 0.293. The fourth-order valence-electron chi connectivity index (χ4n) is 1.76. The van der Waals surface area contributed by atoms with Gasteiger partial charge in [-0.1, -0.05) is 0 Å². The van der Waals surface area contributed by atoms with Crippen LogP contribution in [0.25, 0.3) is 6.08 Å². The Hall–Kier alpha value is -3.95. The second kappa shape index (κ2) is 8.78. The zero-order chi connectivity index (χ0) is 18.9. The maximum absolute atomic E-state index is 11.6. The molecular weight excluding hydrogens is 344 g/mol. The van der Waals surface area contributed by atoms with Gasteiger partial charge in [-0.3, -0.25) is 19.7 Å². The summed E-state index contributed by atoms with van der Waals surface area (Å²) >= 11 is 0. The fourth-order valence-corrected chi connectivity index (χ4v) is 1.76. The Morgan fingerprint density at radius 3 is 2.85 bits per heavy atom. The van der Waals surface area contributed by atoms with E-state index in [4.69, 9.17) is 4.42 Å². The van der Waals surface area contributed by atoms with Crippen LogP contribution in [0.1, 0.15) is 11.3 Å². The number of carbonyl (C=O) groups is 2. The number of phenolic OH excluding ortho intramolecular Hbond substituents is 1. The second-order valence-corrected chi connectivity index (χ2v) is 4.86. The third kappa shape index (κ3) is 5.60. The minimum Gasteiger partial charge on any atom is -0.502 e. The molecule has 0 aliphatic rings. The molecule has 10 heteroatoms. The van der Waals surface area contributed by atoms with Crippen LogP contribution in [0.2, 0.25) is 0 Å². The predicted octanol–water partition coefficient (Wildman–Crippen LogP) is 1.17. The van der Waals surface area contributed by atoms with Crippen LogP contribution in [0.4, 0.5) is 5.69 Å². The maximum Gasteiger partial charge on any atom is 0.311 e. The van der Waals surface area contributed by atoms with Gasteiger partial charge in [-0.2, -0.15) is 5.10 Å². The molecule has 2 amide bonds. The van der Waals surface area contributed by atoms with E-state index in [1.807, 2.05) is 0 Å². The lowest BCUT2D eigenvalue weighted by atomic mass is 10.2. The van der Waals surface area contributed by atoms with Gasteiger partial charge < -0.3 is 14.8 Å². The lowest BCUT2D eigenvalue weighted by Gasteiger charge is -2.01. The van der Waals surface area contributed by atoms with E-state index in [1.54, 1.807) is 12.1 Å². The summed E-state index contributed by atoms with van der Waals surface area (Å²) in [7, 11) is 0. The Labute approximate surface area is 147 Å². The molecule has 0 bridgehead atoms. The number of hydrogen-bond acceptors (Lipinski definition) is 7. The number of rotatable bonds is 7. The summed E-state index contributed by atoms with van der Waals surface area (Å²) < 4.78 is 5.01. The van der Waals surface area contributed by atoms with E-state index in [-0.39, 0.29) is 6.54 Å². The molecule has 3 N–H and O–H groups in total. The van der Waals surface area contributed by atoms with Crippen LogP contribution in [0.3, 0.4) is 0 Å². The van der Waals surface area contributed by atoms with Gasteiger partial charge in [0.2, 0.25) is 5.91 Å². The van der Waals surface area contributed by atoms with Gasteiger partial charge >= 0.3 is 5.69 Å². The number of carbonyl (C=O) groups excluding carboxylic acids is 2. The van der Waals surface area contributed by atoms with Crippen LogP contribution >= 0.6 is 0 Å². The molecule has 1 heterocycles. The number of phenols is 1. The Kier molecular flexibility index (Phi) is 6.21. The van der Waals surface area contributed by atoms with Crippen LogP contribution in [0, 0.1) is 10.1 Å². The average Bonchev–Trinajstić information content (AvgIpc) is 3.13. The second-order valence-electron chi connectivity index (χ2n) is 4.86. The van der Waals surface area contributed by atoms with Gasteiger partial charge in [-0.15, -0.1) is 0 Å². The molecule has 0 radical (unpaired) electrons. The molecule has 0 spiro atoms. The lowest BCUT2D eigenvalue weighted by Crippen LogP contribution is -2.34. The maximum atomic E-state index is 11.6. The molecule has 134 valence electrons. The van der Waals surface area contributed by atoms with E-state index in [0.717, 1.165) is 12.1 Å². The summed E-state index contributed by atoms with van der Waals surface area (Å²) in [5, 5.41) is 26.0. The van der Waals surface area contributed by atoms with Crippen LogP contribution in [0.15, 0.2) is 52.2 Å². The molecule has 1 aromatic carbocycles. The number of nitro benzene ring substituents is 1. The van der Waals surface area contributed by atoms with Gasteiger partial charge in [0.15, 0.2) is 5.75 Å². The van der Waals surface area contributed by atoms with Gasteiger partial charge in [0.25, 0.3) is 5.91 Å². The van der Waals surface area contributed by atoms with Crippen molar-refractivity contribution in [2.75, 3.05) is 6.54 Å². The van der Waals surface area contributed by atoms with Crippen LogP contribution in [-0.2, 0) is 9.59 Å². The van der Waals surface area contributed by atoms with E-state index >= 15 is 0 Å². The summed E-state index contributed by atoms with van der Waals surface area (Å²) in [5.74, 6) is -1.05. The first kappa shape index (κ1) is 18.4. The van der Waals surface area contributed by atoms with Crippen LogP contribution < -0.4 is 10.7 Å². The summed E-state index contributed by atoms with van der Waals surface area (Å²) in [4.78, 5) is 33.1. The number of hydrogen-bond donors (Lipinski definition) is 3. The smallest absolute Gasteiger partial charge is 0.311 e. The molecule has 0 saturated heterocycles. The number of benzene rings is 1. The lowest BCUT2D eigenvalue weighted by molar-refractivity contribution is -0.385. The zero-order valence-electron chi connectivity index (χ0n) is 13.3. The normalized spacial score (nSPS) is 10.9. The van der Waals surface area contributed by atoms with Crippen molar-refractivity contribution >= 4 is 29.8 Å². The number of furan rings is 1. The van der Waals surface area contributed by atoms with Gasteiger partial charge in [0, 0.05) is 17.7 Å². The number of nitrogens with one attached hydrogen (secondary N) is 2. The molecule has 0 aliphatic heterocycles. The Morgan fingerprint density at radius 2 is 2.15 bits per heavy atom. The first-order valence-corrected chi connectivity index (χ1v) is 7.24. The molecular formula is C16H14N4O6. The van der Waals surface area contributed by atoms with Gasteiger partial charge in [0.05, 0.1) is 23.9 Å². The van der Waals surface area contributed by atoms with Crippen LogP contribution in [-0.4, -0.2) is 34.6 Å². The predicted molar refractivity (Wildman–Crippen MR) is 91.2 cm³/mol. The fraction of sp³-hybridized carbons (Fsp3) is 0.0625. The number of aromatic hydroxyl groups is 1. The first-order chi connectivity index (χ1) is 12.5. The minimum absolute atomic E-state index is 0.306. The van der Waals surface area contributed by atoms with Crippen molar-refractivity contribution in [2.45, 2.75) is 0 Å². The summed E-state index contributed by atoms with van der Waals surface area (Å²) in [6.45, 7) is -0.311. The zero-order valence-corrected chi connectivity index (χ0v) is 13.3. The van der Waals surface area contributed by atoms with E-state index in [9.17, 15) is 24.8 Å². The van der Waals surface area contributed by atoms with Gasteiger partial charge in [-0.05, 0) is 30.3 Å².